The predicted octanol–water partition coefficient (Wildman–Crippen LogP) is 6.89. The monoisotopic (exact) mass is 555 g/mol. The maximum absolute atomic E-state index is 12.6. The molecule has 8 nitrogen and oxygen atoms in total. The van der Waals surface area contributed by atoms with Crippen LogP contribution in [0, 0.1) is 0 Å². The summed E-state index contributed by atoms with van der Waals surface area (Å²) in [6, 6.07) is 28.2. The number of nitrogens with zero attached hydrogens (tertiary/aromatic N) is 2. The molecule has 0 aromatic heterocycles. The molecule has 0 aliphatic rings. The standard InChI is InChI=1S/C31H33N5O3S/c1-35(2)27-14-8-12-25(20-27)33-31(38)32-24-11-7-13-26(19-24)34-40-29-18-22(15-16-28(29)39-5)21-9-6-10-23(17-21)30(37)36(3)4/h6-20,34H,1-5H3,(H2,32,33,38). The molecule has 0 atom stereocenters. The summed E-state index contributed by atoms with van der Waals surface area (Å²) in [7, 11) is 9.02. The van der Waals surface area contributed by atoms with E-state index in [0.29, 0.717) is 16.9 Å². The van der Waals surface area contributed by atoms with Gasteiger partial charge in [0.25, 0.3) is 5.91 Å². The molecule has 0 saturated carbocycles. The van der Waals surface area contributed by atoms with E-state index in [2.05, 4.69) is 15.4 Å². The van der Waals surface area contributed by atoms with Crippen LogP contribution in [0.5, 0.6) is 5.75 Å². The average Bonchev–Trinajstić information content (AvgIpc) is 2.95. The molecule has 0 bridgehead atoms. The number of carbonyl (C=O) groups excluding carboxylic acids is 2. The van der Waals surface area contributed by atoms with Crippen LogP contribution >= 0.6 is 11.9 Å². The first kappa shape index (κ1) is 28.4. The minimum atomic E-state index is -0.329. The third-order valence-corrected chi connectivity index (χ3v) is 6.91. The molecule has 0 spiro atoms. The van der Waals surface area contributed by atoms with E-state index >= 15 is 0 Å². The molecule has 0 fully saturated rings. The highest BCUT2D eigenvalue weighted by molar-refractivity contribution is 8.00. The summed E-state index contributed by atoms with van der Waals surface area (Å²) in [4.78, 5) is 29.5. The highest BCUT2D eigenvalue weighted by Crippen LogP contribution is 2.35. The molecular formula is C31H33N5O3S. The largest absolute Gasteiger partial charge is 0.496 e. The highest BCUT2D eigenvalue weighted by atomic mass is 32.2. The van der Waals surface area contributed by atoms with E-state index in [1.54, 1.807) is 26.1 Å². The van der Waals surface area contributed by atoms with Crippen molar-refractivity contribution in [3.05, 3.63) is 96.6 Å². The normalized spacial score (nSPS) is 10.4. The zero-order valence-electron chi connectivity index (χ0n) is 23.2. The average molecular weight is 556 g/mol. The number of nitrogens with one attached hydrogen (secondary N) is 3. The van der Waals surface area contributed by atoms with Crippen LogP contribution in [0.4, 0.5) is 27.5 Å². The predicted molar refractivity (Wildman–Crippen MR) is 166 cm³/mol. The number of carbonyl (C=O) groups is 2. The first-order valence-corrected chi connectivity index (χ1v) is 13.4. The minimum Gasteiger partial charge on any atom is -0.496 e. The fourth-order valence-corrected chi connectivity index (χ4v) is 4.75. The Morgan fingerprint density at radius 2 is 1.38 bits per heavy atom. The lowest BCUT2D eigenvalue weighted by atomic mass is 10.0. The fraction of sp³-hybridized carbons (Fsp3) is 0.161. The second kappa shape index (κ2) is 12.9. The lowest BCUT2D eigenvalue weighted by Crippen LogP contribution is -2.21. The van der Waals surface area contributed by atoms with Gasteiger partial charge in [0, 0.05) is 56.5 Å². The van der Waals surface area contributed by atoms with Gasteiger partial charge in [0.2, 0.25) is 0 Å². The summed E-state index contributed by atoms with van der Waals surface area (Å²) in [5.74, 6) is 0.672. The van der Waals surface area contributed by atoms with Crippen molar-refractivity contribution in [2.45, 2.75) is 4.90 Å². The maximum Gasteiger partial charge on any atom is 0.323 e. The van der Waals surface area contributed by atoms with Gasteiger partial charge in [-0.3, -0.25) is 4.79 Å². The lowest BCUT2D eigenvalue weighted by molar-refractivity contribution is 0.0827. The smallest absolute Gasteiger partial charge is 0.323 e. The third-order valence-electron chi connectivity index (χ3n) is 6.03. The third kappa shape index (κ3) is 7.27. The van der Waals surface area contributed by atoms with Gasteiger partial charge in [-0.25, -0.2) is 4.79 Å². The molecule has 4 aromatic carbocycles. The Morgan fingerprint density at radius 1 is 0.725 bits per heavy atom. The van der Waals surface area contributed by atoms with Crippen LogP contribution in [0.2, 0.25) is 0 Å². The maximum atomic E-state index is 12.6. The molecule has 3 N–H and O–H groups in total. The number of benzene rings is 4. The molecule has 3 amide bonds. The van der Waals surface area contributed by atoms with E-state index in [1.165, 1.54) is 11.9 Å². The second-order valence-corrected chi connectivity index (χ2v) is 10.3. The molecule has 0 unspecified atom stereocenters. The Hall–Kier alpha value is -4.63. The summed E-state index contributed by atoms with van der Waals surface area (Å²) in [5.41, 5.74) is 5.68. The Kier molecular flexibility index (Phi) is 9.19. The van der Waals surface area contributed by atoms with Crippen LogP contribution in [0.1, 0.15) is 10.4 Å². The summed E-state index contributed by atoms with van der Waals surface area (Å²) in [6.45, 7) is 0. The van der Waals surface area contributed by atoms with Crippen molar-refractivity contribution in [1.29, 1.82) is 0 Å². The van der Waals surface area contributed by atoms with Crippen LogP contribution in [0.3, 0.4) is 0 Å². The van der Waals surface area contributed by atoms with Crippen LogP contribution in [-0.2, 0) is 0 Å². The molecule has 0 heterocycles. The number of hydrogen-bond donors (Lipinski definition) is 3. The Bertz CT molecular complexity index is 1510. The van der Waals surface area contributed by atoms with Crippen molar-refractivity contribution in [1.82, 2.24) is 4.90 Å². The summed E-state index contributed by atoms with van der Waals surface area (Å²) in [6.07, 6.45) is 0. The lowest BCUT2D eigenvalue weighted by Gasteiger charge is -2.15. The molecule has 0 aliphatic carbocycles. The van der Waals surface area contributed by atoms with Crippen LogP contribution < -0.4 is 25.0 Å². The fourth-order valence-electron chi connectivity index (χ4n) is 3.96. The van der Waals surface area contributed by atoms with Gasteiger partial charge >= 0.3 is 6.03 Å². The molecule has 0 aliphatic heterocycles. The van der Waals surface area contributed by atoms with Crippen molar-refractivity contribution in [3.8, 4) is 16.9 Å². The Balaban J connectivity index is 1.45. The number of ether oxygens (including phenoxy) is 1. The molecule has 4 aromatic rings. The van der Waals surface area contributed by atoms with E-state index in [0.717, 1.165) is 33.1 Å². The van der Waals surface area contributed by atoms with E-state index in [4.69, 9.17) is 4.74 Å². The molecule has 4 rings (SSSR count). The zero-order chi connectivity index (χ0) is 28.6. The van der Waals surface area contributed by atoms with Crippen molar-refractivity contribution in [2.75, 3.05) is 55.6 Å². The van der Waals surface area contributed by atoms with Crippen LogP contribution in [0.25, 0.3) is 11.1 Å². The quantitative estimate of drug-likeness (QED) is 0.195. The molecule has 9 heteroatoms. The van der Waals surface area contributed by atoms with E-state index in [9.17, 15) is 9.59 Å². The van der Waals surface area contributed by atoms with Gasteiger partial charge in [0.15, 0.2) is 0 Å². The summed E-state index contributed by atoms with van der Waals surface area (Å²) < 4.78 is 8.93. The Morgan fingerprint density at radius 3 is 2.08 bits per heavy atom. The van der Waals surface area contributed by atoms with E-state index in [-0.39, 0.29) is 11.9 Å². The van der Waals surface area contributed by atoms with Crippen LogP contribution in [-0.4, -0.2) is 52.1 Å². The SMILES string of the molecule is COc1ccc(-c2cccc(C(=O)N(C)C)c2)cc1SNc1cccc(NC(=O)Nc2cccc(N(C)C)c2)c1. The minimum absolute atomic E-state index is 0.0455. The molecule has 206 valence electrons. The molecular weight excluding hydrogens is 522 g/mol. The van der Waals surface area contributed by atoms with Gasteiger partial charge in [-0.15, -0.1) is 0 Å². The molecule has 0 saturated heterocycles. The van der Waals surface area contributed by atoms with Crippen molar-refractivity contribution in [2.24, 2.45) is 0 Å². The van der Waals surface area contributed by atoms with Gasteiger partial charge in [0.1, 0.15) is 5.75 Å². The number of rotatable bonds is 9. The summed E-state index contributed by atoms with van der Waals surface area (Å²) >= 11 is 1.40. The van der Waals surface area contributed by atoms with Gasteiger partial charge in [-0.05, 0) is 83.7 Å². The number of anilines is 4. The van der Waals surface area contributed by atoms with Crippen molar-refractivity contribution >= 4 is 46.6 Å². The van der Waals surface area contributed by atoms with Crippen molar-refractivity contribution < 1.29 is 14.3 Å². The van der Waals surface area contributed by atoms with Gasteiger partial charge in [-0.1, -0.05) is 30.3 Å². The molecule has 40 heavy (non-hydrogen) atoms. The first-order chi connectivity index (χ1) is 19.2. The number of urea groups is 1. The van der Waals surface area contributed by atoms with Gasteiger partial charge in [-0.2, -0.15) is 0 Å². The second-order valence-electron chi connectivity index (χ2n) is 9.45. The van der Waals surface area contributed by atoms with Gasteiger partial charge < -0.3 is 29.9 Å². The van der Waals surface area contributed by atoms with Gasteiger partial charge in [0.05, 0.1) is 12.0 Å². The van der Waals surface area contributed by atoms with Crippen molar-refractivity contribution in [3.63, 3.8) is 0 Å². The highest BCUT2D eigenvalue weighted by Gasteiger charge is 2.12. The van der Waals surface area contributed by atoms with Crippen LogP contribution in [0.15, 0.2) is 95.9 Å². The van der Waals surface area contributed by atoms with E-state index < -0.39 is 0 Å². The molecule has 0 radical (unpaired) electrons. The van der Waals surface area contributed by atoms with E-state index in [1.807, 2.05) is 110 Å². The number of amides is 3. The first-order valence-electron chi connectivity index (χ1n) is 12.6. The Labute approximate surface area is 239 Å². The summed E-state index contributed by atoms with van der Waals surface area (Å²) in [5, 5.41) is 5.76. The zero-order valence-corrected chi connectivity index (χ0v) is 24.0. The number of methoxy groups -OCH3 is 1. The number of hydrogen-bond acceptors (Lipinski definition) is 6. The topological polar surface area (TPSA) is 85.9 Å².